The number of rotatable bonds is 8. The average molecular weight is 477 g/mol. The van der Waals surface area contributed by atoms with E-state index in [1.807, 2.05) is 36.4 Å². The number of aromatic nitrogens is 2. The Morgan fingerprint density at radius 2 is 1.69 bits per heavy atom. The molecule has 1 aliphatic rings. The molecule has 0 fully saturated rings. The average Bonchev–Trinajstić information content (AvgIpc) is 3.36. The van der Waals surface area contributed by atoms with Gasteiger partial charge in [0.1, 0.15) is 12.6 Å². The molecule has 0 bridgehead atoms. The first kappa shape index (κ1) is 24.0. The van der Waals surface area contributed by atoms with Crippen molar-refractivity contribution in [1.29, 1.82) is 0 Å². The number of ether oxygens (including phenoxy) is 1. The van der Waals surface area contributed by atoms with Crippen molar-refractivity contribution in [2.24, 2.45) is 7.05 Å². The van der Waals surface area contributed by atoms with Gasteiger partial charge in [-0.15, -0.1) is 0 Å². The van der Waals surface area contributed by atoms with Gasteiger partial charge in [0.2, 0.25) is 5.91 Å². The third-order valence-corrected chi connectivity index (χ3v) is 5.98. The van der Waals surface area contributed by atoms with E-state index in [2.05, 4.69) is 27.9 Å². The summed E-state index contributed by atoms with van der Waals surface area (Å²) >= 11 is 0. The number of hydrogen-bond donors (Lipinski definition) is 3. The van der Waals surface area contributed by atoms with Gasteiger partial charge in [0.05, 0.1) is 12.6 Å². The smallest absolute Gasteiger partial charge is 0.408 e. The van der Waals surface area contributed by atoms with Crippen molar-refractivity contribution in [2.45, 2.75) is 37.8 Å². The summed E-state index contributed by atoms with van der Waals surface area (Å²) in [6, 6.07) is 14.9. The monoisotopic (exact) mass is 476 g/mol. The van der Waals surface area contributed by atoms with Gasteiger partial charge in [0.25, 0.3) is 0 Å². The first-order valence-electron chi connectivity index (χ1n) is 11.3. The molecule has 1 aromatic heterocycles. The van der Waals surface area contributed by atoms with E-state index >= 15 is 0 Å². The fraction of sp³-hybridized carbons (Fsp3) is 0.308. The second kappa shape index (κ2) is 9.61. The minimum atomic E-state index is -1.10. The Morgan fingerprint density at radius 3 is 2.23 bits per heavy atom. The highest BCUT2D eigenvalue weighted by Crippen LogP contribution is 2.44. The van der Waals surface area contributed by atoms with E-state index in [0.29, 0.717) is 5.56 Å². The molecule has 0 aliphatic heterocycles. The zero-order chi connectivity index (χ0) is 25.2. The summed E-state index contributed by atoms with van der Waals surface area (Å²) in [7, 11) is 1.69. The molecule has 2 aromatic carbocycles. The SMILES string of the molecule is Cn1cc(C(NC(=O)OCC2c3ccccc3-c3ccccc32)C(=O)NC(C)(C)CC(=O)O)cn1. The molecule has 1 aliphatic carbocycles. The Bertz CT molecular complexity index is 1220. The number of aliphatic carboxylic acids is 1. The third-order valence-electron chi connectivity index (χ3n) is 5.98. The van der Waals surface area contributed by atoms with Crippen molar-refractivity contribution in [3.63, 3.8) is 0 Å². The first-order chi connectivity index (χ1) is 16.6. The Labute approximate surface area is 203 Å². The number of hydrogen-bond acceptors (Lipinski definition) is 5. The van der Waals surface area contributed by atoms with Gasteiger partial charge in [-0.05, 0) is 36.1 Å². The van der Waals surface area contributed by atoms with Crippen LogP contribution in [0.25, 0.3) is 11.1 Å². The molecule has 0 radical (unpaired) electrons. The molecule has 3 N–H and O–H groups in total. The van der Waals surface area contributed by atoms with Crippen LogP contribution in [-0.4, -0.2) is 45.0 Å². The van der Waals surface area contributed by atoms with Crippen molar-refractivity contribution >= 4 is 18.0 Å². The van der Waals surface area contributed by atoms with Crippen LogP contribution < -0.4 is 10.6 Å². The van der Waals surface area contributed by atoms with Gasteiger partial charge in [-0.25, -0.2) is 4.79 Å². The Morgan fingerprint density at radius 1 is 1.09 bits per heavy atom. The summed E-state index contributed by atoms with van der Waals surface area (Å²) in [4.78, 5) is 37.0. The van der Waals surface area contributed by atoms with Crippen molar-refractivity contribution in [1.82, 2.24) is 20.4 Å². The minimum absolute atomic E-state index is 0.103. The van der Waals surface area contributed by atoms with Gasteiger partial charge in [0, 0.05) is 30.3 Å². The van der Waals surface area contributed by atoms with Crippen molar-refractivity contribution < 1.29 is 24.2 Å². The lowest BCUT2D eigenvalue weighted by Crippen LogP contribution is -2.50. The lowest BCUT2D eigenvalue weighted by atomic mass is 9.98. The maximum atomic E-state index is 13.1. The van der Waals surface area contributed by atoms with E-state index in [-0.39, 0.29) is 18.9 Å². The second-order valence-corrected chi connectivity index (χ2v) is 9.29. The van der Waals surface area contributed by atoms with Crippen LogP contribution in [0.2, 0.25) is 0 Å². The Hall–Kier alpha value is -4.14. The number of aryl methyl sites for hydroxylation is 1. The van der Waals surface area contributed by atoms with Gasteiger partial charge in [0.15, 0.2) is 0 Å². The molecule has 9 nitrogen and oxygen atoms in total. The summed E-state index contributed by atoms with van der Waals surface area (Å²) in [6.07, 6.45) is 2.05. The maximum Gasteiger partial charge on any atom is 0.408 e. The number of fused-ring (bicyclic) bond motifs is 3. The molecular weight excluding hydrogens is 448 g/mol. The molecule has 182 valence electrons. The van der Waals surface area contributed by atoms with Crippen LogP contribution in [0, 0.1) is 0 Å². The molecule has 4 rings (SSSR count). The molecule has 0 saturated carbocycles. The molecule has 1 atom stereocenters. The van der Waals surface area contributed by atoms with E-state index in [0.717, 1.165) is 22.3 Å². The topological polar surface area (TPSA) is 123 Å². The summed E-state index contributed by atoms with van der Waals surface area (Å²) in [5.41, 5.74) is 3.82. The molecule has 2 amide bonds. The number of nitrogens with one attached hydrogen (secondary N) is 2. The number of benzene rings is 2. The molecule has 3 aromatic rings. The van der Waals surface area contributed by atoms with E-state index in [4.69, 9.17) is 9.84 Å². The molecule has 1 heterocycles. The van der Waals surface area contributed by atoms with Crippen molar-refractivity contribution in [2.75, 3.05) is 6.61 Å². The fourth-order valence-corrected chi connectivity index (χ4v) is 4.48. The minimum Gasteiger partial charge on any atom is -0.481 e. The molecule has 9 heteroatoms. The van der Waals surface area contributed by atoms with Crippen LogP contribution in [-0.2, 0) is 21.4 Å². The maximum absolute atomic E-state index is 13.1. The zero-order valence-electron chi connectivity index (χ0n) is 19.8. The van der Waals surface area contributed by atoms with Crippen LogP contribution in [0.5, 0.6) is 0 Å². The van der Waals surface area contributed by atoms with Gasteiger partial charge in [-0.1, -0.05) is 48.5 Å². The first-order valence-corrected chi connectivity index (χ1v) is 11.3. The molecule has 0 saturated heterocycles. The number of carbonyl (C=O) groups is 3. The molecule has 0 spiro atoms. The lowest BCUT2D eigenvalue weighted by Gasteiger charge is -2.27. The standard InChI is InChI=1S/C26H28N4O5/c1-26(2,12-22(31)32)29-24(33)23(16-13-27-30(3)14-16)28-25(34)35-15-21-19-10-6-4-8-17(19)18-9-5-7-11-20(18)21/h4-11,13-14,21,23H,12,15H2,1-3H3,(H,28,34)(H,29,33)(H,31,32). The van der Waals surface area contributed by atoms with Gasteiger partial charge < -0.3 is 20.5 Å². The summed E-state index contributed by atoms with van der Waals surface area (Å²) in [5, 5.41) is 18.5. The number of alkyl carbamates (subject to hydrolysis) is 1. The highest BCUT2D eigenvalue weighted by atomic mass is 16.5. The molecular formula is C26H28N4O5. The van der Waals surface area contributed by atoms with Crippen molar-refractivity contribution in [3.05, 3.63) is 77.6 Å². The number of carbonyl (C=O) groups excluding carboxylic acids is 2. The van der Waals surface area contributed by atoms with Crippen molar-refractivity contribution in [3.8, 4) is 11.1 Å². The highest BCUT2D eigenvalue weighted by Gasteiger charge is 2.32. The number of amides is 2. The van der Waals surface area contributed by atoms with Gasteiger partial charge in [-0.2, -0.15) is 5.10 Å². The number of carboxylic acids is 1. The predicted molar refractivity (Wildman–Crippen MR) is 129 cm³/mol. The van der Waals surface area contributed by atoms with Crippen LogP contribution in [0.15, 0.2) is 60.9 Å². The van der Waals surface area contributed by atoms with E-state index in [1.54, 1.807) is 27.1 Å². The van der Waals surface area contributed by atoms with Gasteiger partial charge >= 0.3 is 12.1 Å². The normalized spacial score (nSPS) is 13.5. The van der Waals surface area contributed by atoms with E-state index < -0.39 is 29.6 Å². The van der Waals surface area contributed by atoms with Crippen LogP contribution in [0.1, 0.15) is 48.9 Å². The highest BCUT2D eigenvalue weighted by molar-refractivity contribution is 5.88. The van der Waals surface area contributed by atoms with Crippen LogP contribution in [0.3, 0.4) is 0 Å². The zero-order valence-corrected chi connectivity index (χ0v) is 19.8. The summed E-state index contributed by atoms with van der Waals surface area (Å²) in [5.74, 6) is -1.72. The quantitative estimate of drug-likeness (QED) is 0.458. The predicted octanol–water partition coefficient (Wildman–Crippen LogP) is 3.37. The summed E-state index contributed by atoms with van der Waals surface area (Å²) in [6.45, 7) is 3.31. The van der Waals surface area contributed by atoms with Crippen LogP contribution >= 0.6 is 0 Å². The third kappa shape index (κ3) is 5.34. The number of nitrogens with zero attached hydrogens (tertiary/aromatic N) is 2. The lowest BCUT2D eigenvalue weighted by molar-refractivity contribution is -0.138. The Kier molecular flexibility index (Phi) is 6.59. The largest absolute Gasteiger partial charge is 0.481 e. The Balaban J connectivity index is 1.48. The number of carboxylic acid groups (broad SMARTS) is 1. The van der Waals surface area contributed by atoms with Crippen LogP contribution in [0.4, 0.5) is 4.79 Å². The van der Waals surface area contributed by atoms with E-state index in [9.17, 15) is 14.4 Å². The van der Waals surface area contributed by atoms with Gasteiger partial charge in [-0.3, -0.25) is 14.3 Å². The summed E-state index contributed by atoms with van der Waals surface area (Å²) < 4.78 is 7.10. The fourth-order valence-electron chi connectivity index (χ4n) is 4.48. The second-order valence-electron chi connectivity index (χ2n) is 9.29. The molecule has 35 heavy (non-hydrogen) atoms. The van der Waals surface area contributed by atoms with E-state index in [1.165, 1.54) is 10.9 Å². The molecule has 1 unspecified atom stereocenters.